The first-order chi connectivity index (χ1) is 36.4. The normalized spacial score (nSPS) is 14.7. The molecule has 3 aliphatic rings. The fourth-order valence-electron chi connectivity index (χ4n) is 8.40. The molecule has 12 rings (SSSR count). The summed E-state index contributed by atoms with van der Waals surface area (Å²) >= 11 is 9.98. The number of ketones is 2. The third-order valence-corrected chi connectivity index (χ3v) is 14.9. The van der Waals surface area contributed by atoms with Crippen LogP contribution in [0.2, 0.25) is 5.02 Å². The maximum Gasteiger partial charge on any atom is 0.231 e. The lowest BCUT2D eigenvalue weighted by atomic mass is 10.1. The summed E-state index contributed by atoms with van der Waals surface area (Å²) in [6.45, 7) is 10.6. The fourth-order valence-corrected chi connectivity index (χ4v) is 10.8. The smallest absolute Gasteiger partial charge is 0.231 e. The first-order valence-corrected chi connectivity index (χ1v) is 26.8. The van der Waals surface area contributed by atoms with E-state index in [-0.39, 0.29) is 23.2 Å². The number of piperazine rings is 3. The minimum Gasteiger partial charge on any atom is -0.353 e. The topological polar surface area (TPSA) is 170 Å². The number of hydrogen-bond acceptors (Lipinski definition) is 20. The van der Waals surface area contributed by atoms with Gasteiger partial charge in [0.05, 0.1) is 0 Å². The molecular weight excluding hydrogens is 1010 g/mol. The second-order valence-corrected chi connectivity index (χ2v) is 19.7. The molecular formula is C53H50ClN15O2S3. The lowest BCUT2D eigenvalue weighted by Crippen LogP contribution is -2.46. The Morgan fingerprint density at radius 2 is 0.770 bits per heavy atom. The second-order valence-electron chi connectivity index (χ2n) is 17.1. The highest BCUT2D eigenvalue weighted by Crippen LogP contribution is 2.27. The van der Waals surface area contributed by atoms with Crippen molar-refractivity contribution in [3.63, 3.8) is 0 Å². The Labute approximate surface area is 445 Å². The standard InChI is InChI=1S/C18H16ClN5OS.C18H17N5OS.C17H17N5S/c19-14-5-3-4-13(12-14)16(25)17-21-18(26-22-17)24-10-8-23(9-11-24)15-6-1-2-7-20-15;24-16(14-6-2-1-3-7-14)17-20-18(25-21-17)23-12-10-22(11-13-23)15-8-4-5-9-19-15;1-2-6-14(7-3-1)16-19-17(23-20-16)22-12-10-21(11-13-22)15-8-4-5-9-18-15/h1-7,12H,8-11H2;1-9H,10-13H2;1-9H,10-13H2. The molecule has 0 N–H and O–H groups in total. The second kappa shape index (κ2) is 24.3. The summed E-state index contributed by atoms with van der Waals surface area (Å²) in [5.41, 5.74) is 2.19. The minimum absolute atomic E-state index is 0.129. The molecule has 0 spiro atoms. The Morgan fingerprint density at radius 3 is 1.20 bits per heavy atom. The number of benzene rings is 3. The maximum absolute atomic E-state index is 12.5. The summed E-state index contributed by atoms with van der Waals surface area (Å²) in [4.78, 5) is 65.2. The number of hydrogen-bond donors (Lipinski definition) is 0. The zero-order chi connectivity index (χ0) is 50.5. The summed E-state index contributed by atoms with van der Waals surface area (Å²) in [5.74, 6) is 4.02. The van der Waals surface area contributed by atoms with E-state index < -0.39 is 0 Å². The minimum atomic E-state index is -0.206. The van der Waals surface area contributed by atoms with Crippen LogP contribution in [0.4, 0.5) is 32.8 Å². The Bertz CT molecular complexity index is 3190. The van der Waals surface area contributed by atoms with Crippen LogP contribution >= 0.6 is 46.2 Å². The van der Waals surface area contributed by atoms with Crippen molar-refractivity contribution in [3.05, 3.63) is 186 Å². The van der Waals surface area contributed by atoms with E-state index in [4.69, 9.17) is 16.6 Å². The molecule has 3 aliphatic heterocycles. The van der Waals surface area contributed by atoms with Gasteiger partial charge in [-0.05, 0) is 48.5 Å². The predicted molar refractivity (Wildman–Crippen MR) is 296 cm³/mol. The highest BCUT2D eigenvalue weighted by molar-refractivity contribution is 7.10. The van der Waals surface area contributed by atoms with Crippen LogP contribution in [0, 0.1) is 0 Å². The van der Waals surface area contributed by atoms with Crippen molar-refractivity contribution in [2.45, 2.75) is 0 Å². The average molecular weight is 1060 g/mol. The molecule has 6 aromatic heterocycles. The molecule has 0 aliphatic carbocycles. The number of carbonyl (C=O) groups excluding carboxylic acids is 2. The predicted octanol–water partition coefficient (Wildman–Crippen LogP) is 8.56. The molecule has 0 bridgehead atoms. The third-order valence-electron chi connectivity index (χ3n) is 12.4. The van der Waals surface area contributed by atoms with Crippen LogP contribution in [0.25, 0.3) is 11.4 Å². The van der Waals surface area contributed by atoms with Gasteiger partial charge < -0.3 is 29.4 Å². The van der Waals surface area contributed by atoms with Crippen LogP contribution in [0.5, 0.6) is 0 Å². The largest absolute Gasteiger partial charge is 0.353 e. The van der Waals surface area contributed by atoms with Gasteiger partial charge in [-0.25, -0.2) is 15.0 Å². The summed E-state index contributed by atoms with van der Waals surface area (Å²) in [7, 11) is 0. The van der Waals surface area contributed by atoms with Crippen LogP contribution in [-0.2, 0) is 0 Å². The van der Waals surface area contributed by atoms with E-state index in [0.717, 1.165) is 123 Å². The molecule has 9 aromatic rings. The number of rotatable bonds is 11. The number of carbonyl (C=O) groups is 2. The van der Waals surface area contributed by atoms with Crippen molar-refractivity contribution in [1.29, 1.82) is 0 Å². The quantitative estimate of drug-likeness (QED) is 0.113. The van der Waals surface area contributed by atoms with Gasteiger partial charge >= 0.3 is 0 Å². The Morgan fingerprint density at radius 1 is 0.392 bits per heavy atom. The lowest BCUT2D eigenvalue weighted by molar-refractivity contribution is 0.102. The summed E-state index contributed by atoms with van der Waals surface area (Å²) < 4.78 is 13.0. The molecule has 0 amide bonds. The number of pyridine rings is 3. The van der Waals surface area contributed by atoms with Crippen molar-refractivity contribution in [1.82, 2.24) is 43.0 Å². The van der Waals surface area contributed by atoms with E-state index in [1.54, 1.807) is 42.6 Å². The zero-order valence-corrected chi connectivity index (χ0v) is 43.3. The molecule has 3 aromatic carbocycles. The number of anilines is 6. The van der Waals surface area contributed by atoms with Gasteiger partial charge in [-0.2, -0.15) is 28.1 Å². The molecule has 3 fully saturated rings. The van der Waals surface area contributed by atoms with Gasteiger partial charge in [0.1, 0.15) is 17.5 Å². The van der Waals surface area contributed by atoms with E-state index in [1.165, 1.54) is 34.6 Å². The molecule has 0 unspecified atom stereocenters. The lowest BCUT2D eigenvalue weighted by Gasteiger charge is -2.34. The van der Waals surface area contributed by atoms with Crippen molar-refractivity contribution in [3.8, 4) is 11.4 Å². The molecule has 0 saturated carbocycles. The third kappa shape index (κ3) is 12.5. The summed E-state index contributed by atoms with van der Waals surface area (Å²) in [6, 6.07) is 44.0. The van der Waals surface area contributed by atoms with Gasteiger partial charge in [-0.1, -0.05) is 103 Å². The van der Waals surface area contributed by atoms with E-state index >= 15 is 0 Å². The van der Waals surface area contributed by atoms with E-state index in [0.29, 0.717) is 16.1 Å². The van der Waals surface area contributed by atoms with Crippen molar-refractivity contribution >= 4 is 90.6 Å². The molecule has 0 atom stereocenters. The summed E-state index contributed by atoms with van der Waals surface area (Å²) in [5, 5.41) is 3.11. The molecule has 0 radical (unpaired) electrons. The van der Waals surface area contributed by atoms with Gasteiger partial charge in [0.15, 0.2) is 5.82 Å². The Hall–Kier alpha value is -7.78. The van der Waals surface area contributed by atoms with Crippen LogP contribution in [0.15, 0.2) is 158 Å². The average Bonchev–Trinajstić information content (AvgIpc) is 4.30. The zero-order valence-electron chi connectivity index (χ0n) is 40.1. The number of aromatic nitrogens is 9. The van der Waals surface area contributed by atoms with Gasteiger partial charge in [0, 0.05) is 153 Å². The van der Waals surface area contributed by atoms with Crippen LogP contribution < -0.4 is 29.4 Å². The SMILES string of the molecule is O=C(c1cccc(Cl)c1)c1nsc(N2CCN(c3ccccn3)CC2)n1.O=C(c1ccccc1)c1nsc(N2CCN(c3ccccn3)CC2)n1.c1ccc(-c2nsc(N3CCN(c4ccccn4)CC3)n2)cc1. The fraction of sp³-hybridized carbons (Fsp3) is 0.226. The molecule has 374 valence electrons. The number of halogens is 1. The highest BCUT2D eigenvalue weighted by Gasteiger charge is 2.26. The van der Waals surface area contributed by atoms with Crippen molar-refractivity contribution in [2.24, 2.45) is 0 Å². The maximum atomic E-state index is 12.5. The molecule has 17 nitrogen and oxygen atoms in total. The van der Waals surface area contributed by atoms with Crippen LogP contribution in [0.1, 0.15) is 32.4 Å². The molecule has 3 saturated heterocycles. The van der Waals surface area contributed by atoms with Gasteiger partial charge in [0.2, 0.25) is 38.6 Å². The van der Waals surface area contributed by atoms with E-state index in [2.05, 4.69) is 73.5 Å². The Kier molecular flexibility index (Phi) is 16.3. The van der Waals surface area contributed by atoms with Crippen molar-refractivity contribution in [2.75, 3.05) is 108 Å². The highest BCUT2D eigenvalue weighted by atomic mass is 35.5. The van der Waals surface area contributed by atoms with E-state index in [1.807, 2.05) is 109 Å². The first-order valence-electron chi connectivity index (χ1n) is 24.1. The van der Waals surface area contributed by atoms with Gasteiger partial charge in [0.25, 0.3) is 0 Å². The van der Waals surface area contributed by atoms with E-state index in [9.17, 15) is 9.59 Å². The Balaban J connectivity index is 0.000000127. The molecule has 21 heteroatoms. The van der Waals surface area contributed by atoms with Crippen LogP contribution in [-0.4, -0.2) is 133 Å². The monoisotopic (exact) mass is 1060 g/mol. The van der Waals surface area contributed by atoms with Gasteiger partial charge in [-0.3, -0.25) is 9.59 Å². The molecule has 9 heterocycles. The first kappa shape index (κ1) is 49.8. The number of nitrogens with zero attached hydrogens (tertiary/aromatic N) is 15. The van der Waals surface area contributed by atoms with Crippen LogP contribution in [0.3, 0.4) is 0 Å². The molecule has 74 heavy (non-hydrogen) atoms. The van der Waals surface area contributed by atoms with Gasteiger partial charge in [-0.15, -0.1) is 0 Å². The summed E-state index contributed by atoms with van der Waals surface area (Å²) in [6.07, 6.45) is 5.46. The van der Waals surface area contributed by atoms with Crippen molar-refractivity contribution < 1.29 is 9.59 Å².